The van der Waals surface area contributed by atoms with Gasteiger partial charge in [0.05, 0.1) is 82.1 Å². The molecule has 0 fully saturated rings. The Morgan fingerprint density at radius 2 is 0.674 bits per heavy atom. The lowest BCUT2D eigenvalue weighted by molar-refractivity contribution is -0.133. The Kier molecular flexibility index (Phi) is 55.0. The smallest absolute Gasteiger partial charge is 0.277 e. The van der Waals surface area contributed by atoms with Crippen molar-refractivity contribution in [2.24, 2.45) is 0 Å². The Morgan fingerprint density at radius 3 is 1.02 bits per heavy atom. The van der Waals surface area contributed by atoms with Crippen LogP contribution in [0.4, 0.5) is 35.3 Å². The van der Waals surface area contributed by atoms with Gasteiger partial charge in [0, 0.05) is 191 Å². The fraction of sp³-hybridized carbons (Fsp3) is 0.548. The molecule has 0 saturated carbocycles. The van der Waals surface area contributed by atoms with E-state index in [9.17, 15) is 47.9 Å². The SMILES string of the molecule is CC(=O)N(CCN(C)C(C)(C)C)c1ncc(C(=O)NO)cn1.CC(=O)N(CCN(C)c1ncc(C(=O)NO)cn1)C(C)(C)C.CC(=O)N(CCOC(C)(C)C)c1ccc(C(=O)NO)cn1.CC(C)(C)OCCOc1ccc(C(=O)NO)cn1.CCN(CCOC(C)(C)C)c1ccc(C(=O)NO)cn1.CN(CCNC(C)(C)C)c1ccc(C(=O)NO)cn1.CN(CCNc1ncc(C(=O)NO)cn1)C(C)(C)C. The molecule has 141 heavy (non-hydrogen) atoms. The molecular weight excluding hydrogens is 1830 g/mol. The first-order valence-electron chi connectivity index (χ1n) is 44.9. The van der Waals surface area contributed by atoms with Gasteiger partial charge in [-0.05, 0) is 209 Å². The van der Waals surface area contributed by atoms with E-state index in [-0.39, 0.29) is 90.4 Å². The highest BCUT2D eigenvalue weighted by Gasteiger charge is 2.27. The van der Waals surface area contributed by atoms with Crippen molar-refractivity contribution in [3.05, 3.63) is 149 Å². The second-order valence-corrected chi connectivity index (χ2v) is 38.2. The van der Waals surface area contributed by atoms with Gasteiger partial charge in [-0.1, -0.05) is 0 Å². The van der Waals surface area contributed by atoms with E-state index >= 15 is 0 Å². The summed E-state index contributed by atoms with van der Waals surface area (Å²) in [6.45, 7) is 58.4. The van der Waals surface area contributed by atoms with Crippen LogP contribution in [-0.4, -0.2) is 326 Å². The highest BCUT2D eigenvalue weighted by molar-refractivity contribution is 5.97. The van der Waals surface area contributed by atoms with E-state index in [1.807, 2.05) is 116 Å². The number of ether oxygens (including phenoxy) is 4. The van der Waals surface area contributed by atoms with Crippen LogP contribution in [0.15, 0.2) is 110 Å². The molecule has 48 nitrogen and oxygen atoms in total. The fourth-order valence-corrected chi connectivity index (χ4v) is 10.9. The molecule has 0 aromatic carbocycles. The number of carbonyl (C=O) groups is 10. The first-order chi connectivity index (χ1) is 65.5. The average molecular weight is 1980 g/mol. The summed E-state index contributed by atoms with van der Waals surface area (Å²) >= 11 is 0. The van der Waals surface area contributed by atoms with Crippen LogP contribution >= 0.6 is 0 Å². The van der Waals surface area contributed by atoms with Crippen LogP contribution in [0.25, 0.3) is 0 Å². The highest BCUT2D eigenvalue weighted by Crippen LogP contribution is 2.21. The molecule has 16 N–H and O–H groups in total. The van der Waals surface area contributed by atoms with E-state index < -0.39 is 41.4 Å². The third-order valence-corrected chi connectivity index (χ3v) is 19.4. The number of nitrogens with zero attached hydrogens (tertiary/aromatic N) is 18. The number of aromatic nitrogens is 10. The molecule has 0 unspecified atom stereocenters. The normalized spacial score (nSPS) is 11.2. The maximum atomic E-state index is 11.8. The van der Waals surface area contributed by atoms with Gasteiger partial charge in [0.1, 0.15) is 24.1 Å². The van der Waals surface area contributed by atoms with Crippen LogP contribution in [0.5, 0.6) is 5.88 Å². The van der Waals surface area contributed by atoms with Crippen LogP contribution < -0.4 is 78.2 Å². The summed E-state index contributed by atoms with van der Waals surface area (Å²) in [6.07, 6.45) is 13.4. The zero-order chi connectivity index (χ0) is 108. The number of hydrogen-bond donors (Lipinski definition) is 16. The largest absolute Gasteiger partial charge is 0.475 e. The maximum absolute atomic E-state index is 11.8. The Labute approximate surface area is 826 Å². The number of anilines is 6. The molecule has 0 spiro atoms. The Bertz CT molecular complexity index is 4900. The van der Waals surface area contributed by atoms with Gasteiger partial charge < -0.3 is 49.2 Å². The summed E-state index contributed by atoms with van der Waals surface area (Å²) in [5.74, 6) is -1.20. The molecule has 784 valence electrons. The topological polar surface area (TPSA) is 612 Å². The van der Waals surface area contributed by atoms with Crippen molar-refractivity contribution in [1.82, 2.24) is 108 Å². The number of nitrogens with one attached hydrogen (secondary N) is 9. The van der Waals surface area contributed by atoms with Crippen molar-refractivity contribution in [2.75, 3.05) is 156 Å². The molecule has 7 heterocycles. The quantitative estimate of drug-likeness (QED) is 0.0101. The molecule has 7 aromatic rings. The third kappa shape index (κ3) is 51.7. The minimum atomic E-state index is -0.701. The zero-order valence-electron chi connectivity index (χ0n) is 86.9. The number of hydrogen-bond acceptors (Lipinski definition) is 38. The van der Waals surface area contributed by atoms with E-state index in [4.69, 9.17) is 55.4 Å². The van der Waals surface area contributed by atoms with E-state index in [1.54, 1.807) is 64.1 Å². The van der Waals surface area contributed by atoms with Crippen molar-refractivity contribution in [3.8, 4) is 5.88 Å². The fourth-order valence-electron chi connectivity index (χ4n) is 10.9. The van der Waals surface area contributed by atoms with Crippen molar-refractivity contribution < 1.29 is 103 Å². The first kappa shape index (κ1) is 126. The average Bonchev–Trinajstić information content (AvgIpc) is 0.748. The molecule has 10 amide bonds. The molecule has 7 aromatic heterocycles. The molecule has 7 rings (SSSR count). The highest BCUT2D eigenvalue weighted by atomic mass is 16.5. The molecule has 0 aliphatic rings. The van der Waals surface area contributed by atoms with Gasteiger partial charge in [0.2, 0.25) is 41.4 Å². The third-order valence-electron chi connectivity index (χ3n) is 19.4. The molecule has 0 aliphatic carbocycles. The van der Waals surface area contributed by atoms with Gasteiger partial charge in [-0.25, -0.2) is 88.2 Å². The van der Waals surface area contributed by atoms with Crippen LogP contribution in [0.2, 0.25) is 0 Å². The summed E-state index contributed by atoms with van der Waals surface area (Å²) < 4.78 is 22.1. The summed E-state index contributed by atoms with van der Waals surface area (Å²) in [4.78, 5) is 169. The summed E-state index contributed by atoms with van der Waals surface area (Å²) in [5.41, 5.74) is 11.7. The van der Waals surface area contributed by atoms with Crippen molar-refractivity contribution in [1.29, 1.82) is 0 Å². The van der Waals surface area contributed by atoms with Gasteiger partial charge in [0.25, 0.3) is 41.4 Å². The summed E-state index contributed by atoms with van der Waals surface area (Å²) in [5, 5.41) is 66.1. The number of amides is 10. The van der Waals surface area contributed by atoms with Crippen molar-refractivity contribution in [3.63, 3.8) is 0 Å². The summed E-state index contributed by atoms with van der Waals surface area (Å²) in [6, 6.07) is 12.9. The maximum Gasteiger partial charge on any atom is 0.277 e. The minimum Gasteiger partial charge on any atom is -0.475 e. The molecule has 0 saturated heterocycles. The van der Waals surface area contributed by atoms with Gasteiger partial charge in [-0.3, -0.25) is 104 Å². The Hall–Kier alpha value is -13.0. The second kappa shape index (κ2) is 61.6. The van der Waals surface area contributed by atoms with Crippen molar-refractivity contribution >= 4 is 94.4 Å². The monoisotopic (exact) mass is 1980 g/mol. The predicted molar refractivity (Wildman–Crippen MR) is 529 cm³/mol. The molecule has 0 bridgehead atoms. The molecular formula is C93H151N27O21. The number of hydroxylamine groups is 7. The number of carbonyl (C=O) groups excluding carboxylic acids is 10. The predicted octanol–water partition coefficient (Wildman–Crippen LogP) is 7.73. The lowest BCUT2D eigenvalue weighted by atomic mass is 10.1. The van der Waals surface area contributed by atoms with E-state index in [1.165, 1.54) is 125 Å². The number of rotatable bonds is 36. The Balaban J connectivity index is 0.000000823. The van der Waals surface area contributed by atoms with Crippen LogP contribution in [0, 0.1) is 0 Å². The molecule has 0 radical (unpaired) electrons. The first-order valence-corrected chi connectivity index (χ1v) is 44.9. The van der Waals surface area contributed by atoms with Crippen LogP contribution in [-0.2, 0) is 28.6 Å². The molecule has 48 heteroatoms. The lowest BCUT2D eigenvalue weighted by Crippen LogP contribution is -2.47. The number of pyridine rings is 4. The minimum absolute atomic E-state index is 0.00755. The van der Waals surface area contributed by atoms with Crippen LogP contribution in [0.1, 0.15) is 246 Å². The summed E-state index contributed by atoms with van der Waals surface area (Å²) in [7, 11) is 7.78. The standard InChI is InChI=1S/2C14H23N5O3.C14H21N3O4.C14H23N3O3.C13H22N4O2.C12H21N5O2.C12H18N2O4/c1-10(20)19(7-6-18(5)14(2,3)4)13-15-8-11(9-16-13)12(21)17-22;1-10(20)19(14(2,3)4)7-6-18(5)13-15-8-11(9-16-13)12(21)17-22;1-10(18)17(7-8-21-14(2,3)4)12-6-5-11(9-15-12)13(19)16-20;1-5-17(8-9-20-14(2,3)4)12-7-6-11(10-15-12)13(18)16-19;1-13(2,3)15-7-8-17(4)11-6-5-10(9-14-11)12(18)16-19;1-12(2,3)17(4)6-5-13-11-14-7-9(8-15-11)10(18)16-19;1-12(2,3)18-7-6-17-10-5-4-9(8-13-10)11(15)14-16/h2*8-9,22H,6-7H2,1-5H3,(H,17,21);5-6,9,20H,7-8H2,1-4H3,(H,16,19);6-7,10,19H,5,8-9H2,1-4H3,(H,16,18);5-6,9,15,19H,7-8H2,1-4H3,(H,16,18);7-8,19H,5-6H2,1-4H3,(H,16,18)(H,13,14,15);4-5,8,16H,6-7H2,1-3H3,(H,14,15). The number of likely N-dealkylation sites (N-methyl/N-ethyl adjacent to an activating group) is 5. The second-order valence-electron chi connectivity index (χ2n) is 38.2. The van der Waals surface area contributed by atoms with Crippen molar-refractivity contribution in [2.45, 2.75) is 212 Å². The van der Waals surface area contributed by atoms with Gasteiger partial charge >= 0.3 is 0 Å². The van der Waals surface area contributed by atoms with Crippen LogP contribution in [0.3, 0.4) is 0 Å². The van der Waals surface area contributed by atoms with Gasteiger partial charge in [0.15, 0.2) is 0 Å². The van der Waals surface area contributed by atoms with E-state index in [2.05, 4.69) is 145 Å². The Morgan fingerprint density at radius 1 is 0.319 bits per heavy atom. The van der Waals surface area contributed by atoms with E-state index in [0.717, 1.165) is 44.4 Å². The molecule has 0 aliphatic heterocycles. The van der Waals surface area contributed by atoms with Gasteiger partial charge in [-0.2, -0.15) is 0 Å². The lowest BCUT2D eigenvalue weighted by Gasteiger charge is -2.36. The van der Waals surface area contributed by atoms with E-state index in [0.29, 0.717) is 100 Å². The van der Waals surface area contributed by atoms with Gasteiger partial charge in [-0.15, -0.1) is 0 Å². The zero-order valence-corrected chi connectivity index (χ0v) is 86.9. The molecule has 0 atom stereocenters.